The minimum absolute atomic E-state index is 0.0862. The maximum Gasteiger partial charge on any atom is 0.410 e. The molecule has 0 saturated carbocycles. The molecule has 1 aliphatic heterocycles. The molecule has 8 nitrogen and oxygen atoms in total. The molecule has 1 amide bonds. The van der Waals surface area contributed by atoms with Crippen LogP contribution in [0.25, 0.3) is 16.9 Å². The number of aromatic nitrogens is 4. The van der Waals surface area contributed by atoms with Crippen LogP contribution in [-0.2, 0) is 4.74 Å². The van der Waals surface area contributed by atoms with Crippen LogP contribution >= 0.6 is 0 Å². The Labute approximate surface area is 170 Å². The van der Waals surface area contributed by atoms with E-state index in [1.807, 2.05) is 51.2 Å². The van der Waals surface area contributed by atoms with Crippen molar-refractivity contribution in [2.45, 2.75) is 38.8 Å². The fraction of sp³-hybridized carbons (Fsp3) is 0.429. The normalized spacial score (nSPS) is 17.0. The highest BCUT2D eigenvalue weighted by atomic mass is 16.6. The molecule has 0 spiro atoms. The van der Waals surface area contributed by atoms with E-state index in [-0.39, 0.29) is 12.1 Å². The number of fused-ring (bicyclic) bond motifs is 1. The van der Waals surface area contributed by atoms with Gasteiger partial charge in [-0.1, -0.05) is 6.07 Å². The van der Waals surface area contributed by atoms with Gasteiger partial charge in [0, 0.05) is 32.5 Å². The van der Waals surface area contributed by atoms with Crippen molar-refractivity contribution >= 4 is 17.6 Å². The lowest BCUT2D eigenvalue weighted by molar-refractivity contribution is 0.0238. The third kappa shape index (κ3) is 4.01. The Bertz CT molecular complexity index is 1010. The highest BCUT2D eigenvalue weighted by molar-refractivity contribution is 5.75. The molecule has 4 heterocycles. The first-order valence-electron chi connectivity index (χ1n) is 9.78. The third-order valence-corrected chi connectivity index (χ3v) is 5.01. The highest BCUT2D eigenvalue weighted by Crippen LogP contribution is 2.26. The minimum atomic E-state index is -0.500. The Balaban J connectivity index is 1.53. The molecule has 0 bridgehead atoms. The largest absolute Gasteiger partial charge is 0.444 e. The van der Waals surface area contributed by atoms with Crippen LogP contribution in [0.2, 0.25) is 0 Å². The van der Waals surface area contributed by atoms with Gasteiger partial charge in [0.15, 0.2) is 5.65 Å². The number of carbonyl (C=O) groups excluding carboxylic acids is 1. The van der Waals surface area contributed by atoms with E-state index in [4.69, 9.17) is 9.72 Å². The summed E-state index contributed by atoms with van der Waals surface area (Å²) in [7, 11) is 1.80. The summed E-state index contributed by atoms with van der Waals surface area (Å²) in [4.78, 5) is 25.5. The second kappa shape index (κ2) is 7.35. The van der Waals surface area contributed by atoms with Gasteiger partial charge in [0.2, 0.25) is 0 Å². The Morgan fingerprint density at radius 1 is 1.28 bits per heavy atom. The fourth-order valence-corrected chi connectivity index (χ4v) is 3.49. The van der Waals surface area contributed by atoms with Gasteiger partial charge in [-0.05, 0) is 45.4 Å². The standard InChI is InChI=1S/C21H26N6O2/c1-21(2,3)29-20(28)25(4)15-8-11-26(14-15)18-9-12-27-19(24-18)16(13-23-27)17-7-5-6-10-22-17/h5-7,9-10,12-13,15H,8,11,14H2,1-4H3/t15-/m0/s1. The van der Waals surface area contributed by atoms with E-state index in [1.54, 1.807) is 28.9 Å². The first-order chi connectivity index (χ1) is 13.8. The number of nitrogens with zero attached hydrogens (tertiary/aromatic N) is 6. The number of carbonyl (C=O) groups is 1. The molecular weight excluding hydrogens is 368 g/mol. The quantitative estimate of drug-likeness (QED) is 0.679. The lowest BCUT2D eigenvalue weighted by atomic mass is 10.2. The average molecular weight is 394 g/mol. The summed E-state index contributed by atoms with van der Waals surface area (Å²) in [5, 5.41) is 4.39. The number of rotatable bonds is 3. The van der Waals surface area contributed by atoms with E-state index in [0.29, 0.717) is 6.54 Å². The van der Waals surface area contributed by atoms with E-state index in [0.717, 1.165) is 35.7 Å². The number of hydrogen-bond donors (Lipinski definition) is 0. The second-order valence-electron chi connectivity index (χ2n) is 8.31. The lowest BCUT2D eigenvalue weighted by Gasteiger charge is -2.28. The first-order valence-corrected chi connectivity index (χ1v) is 9.78. The maximum absolute atomic E-state index is 12.4. The third-order valence-electron chi connectivity index (χ3n) is 5.01. The molecule has 0 aromatic carbocycles. The molecule has 152 valence electrons. The first kappa shape index (κ1) is 19.2. The van der Waals surface area contributed by atoms with Crippen LogP contribution in [0.5, 0.6) is 0 Å². The van der Waals surface area contributed by atoms with E-state index >= 15 is 0 Å². The van der Waals surface area contributed by atoms with Gasteiger partial charge in [0.05, 0.1) is 23.5 Å². The van der Waals surface area contributed by atoms with Gasteiger partial charge >= 0.3 is 6.09 Å². The fourth-order valence-electron chi connectivity index (χ4n) is 3.49. The summed E-state index contributed by atoms with van der Waals surface area (Å²) in [5.41, 5.74) is 2.01. The Morgan fingerprint density at radius 2 is 2.10 bits per heavy atom. The highest BCUT2D eigenvalue weighted by Gasteiger charge is 2.31. The van der Waals surface area contributed by atoms with Gasteiger partial charge < -0.3 is 14.5 Å². The molecule has 0 radical (unpaired) electrons. The average Bonchev–Trinajstić information content (AvgIpc) is 3.33. The zero-order valence-electron chi connectivity index (χ0n) is 17.2. The van der Waals surface area contributed by atoms with Crippen LogP contribution in [0, 0.1) is 0 Å². The zero-order chi connectivity index (χ0) is 20.6. The van der Waals surface area contributed by atoms with Crippen LogP contribution in [-0.4, -0.2) is 62.4 Å². The predicted octanol–water partition coefficient (Wildman–Crippen LogP) is 3.24. The molecule has 0 unspecified atom stereocenters. The summed E-state index contributed by atoms with van der Waals surface area (Å²) < 4.78 is 7.26. The van der Waals surface area contributed by atoms with Crippen molar-refractivity contribution in [1.82, 2.24) is 24.5 Å². The Kier molecular flexibility index (Phi) is 4.86. The van der Waals surface area contributed by atoms with Crippen molar-refractivity contribution < 1.29 is 9.53 Å². The number of likely N-dealkylation sites (N-methyl/N-ethyl adjacent to an activating group) is 1. The van der Waals surface area contributed by atoms with Crippen LogP contribution in [0.4, 0.5) is 10.6 Å². The van der Waals surface area contributed by atoms with E-state index in [1.165, 1.54) is 0 Å². The summed E-state index contributed by atoms with van der Waals surface area (Å²) >= 11 is 0. The van der Waals surface area contributed by atoms with Gasteiger partial charge in [-0.25, -0.2) is 14.3 Å². The summed E-state index contributed by atoms with van der Waals surface area (Å²) in [6.45, 7) is 7.18. The van der Waals surface area contributed by atoms with Crippen LogP contribution < -0.4 is 4.90 Å². The summed E-state index contributed by atoms with van der Waals surface area (Å²) in [6, 6.07) is 7.83. The molecule has 1 aliphatic rings. The molecule has 3 aromatic heterocycles. The minimum Gasteiger partial charge on any atom is -0.444 e. The number of hydrogen-bond acceptors (Lipinski definition) is 6. The van der Waals surface area contributed by atoms with Crippen LogP contribution in [0.15, 0.2) is 42.9 Å². The van der Waals surface area contributed by atoms with Crippen molar-refractivity contribution in [3.05, 3.63) is 42.9 Å². The smallest absolute Gasteiger partial charge is 0.410 e. The SMILES string of the molecule is CN(C(=O)OC(C)(C)C)[C@H]1CCN(c2ccn3ncc(-c4ccccn4)c3n2)C1. The number of ether oxygens (including phenoxy) is 1. The Hall–Kier alpha value is -3.16. The van der Waals surface area contributed by atoms with Gasteiger partial charge in [0.25, 0.3) is 0 Å². The molecule has 0 N–H and O–H groups in total. The number of amides is 1. The predicted molar refractivity (Wildman–Crippen MR) is 111 cm³/mol. The molecule has 1 fully saturated rings. The van der Waals surface area contributed by atoms with Crippen molar-refractivity contribution in [1.29, 1.82) is 0 Å². The van der Waals surface area contributed by atoms with Crippen LogP contribution in [0.1, 0.15) is 27.2 Å². The molecular formula is C21H26N6O2. The summed E-state index contributed by atoms with van der Waals surface area (Å²) in [6.07, 6.45) is 6.04. The maximum atomic E-state index is 12.4. The van der Waals surface area contributed by atoms with Crippen molar-refractivity contribution in [3.8, 4) is 11.3 Å². The zero-order valence-corrected chi connectivity index (χ0v) is 17.2. The van der Waals surface area contributed by atoms with Crippen molar-refractivity contribution in [3.63, 3.8) is 0 Å². The number of anilines is 1. The second-order valence-corrected chi connectivity index (χ2v) is 8.31. The Morgan fingerprint density at radius 3 is 2.83 bits per heavy atom. The summed E-state index contributed by atoms with van der Waals surface area (Å²) in [5.74, 6) is 0.871. The molecule has 3 aromatic rings. The lowest BCUT2D eigenvalue weighted by Crippen LogP contribution is -2.42. The van der Waals surface area contributed by atoms with Gasteiger partial charge in [0.1, 0.15) is 11.4 Å². The van der Waals surface area contributed by atoms with E-state index in [9.17, 15) is 4.79 Å². The molecule has 0 aliphatic carbocycles. The molecule has 1 saturated heterocycles. The molecule has 8 heteroatoms. The van der Waals surface area contributed by atoms with Crippen molar-refractivity contribution in [2.75, 3.05) is 25.0 Å². The van der Waals surface area contributed by atoms with Gasteiger partial charge in [-0.2, -0.15) is 5.10 Å². The van der Waals surface area contributed by atoms with E-state index < -0.39 is 5.60 Å². The molecule has 29 heavy (non-hydrogen) atoms. The molecule has 1 atom stereocenters. The molecule has 4 rings (SSSR count). The number of pyridine rings is 1. The topological polar surface area (TPSA) is 75.9 Å². The van der Waals surface area contributed by atoms with Gasteiger partial charge in [-0.3, -0.25) is 4.98 Å². The van der Waals surface area contributed by atoms with Crippen molar-refractivity contribution in [2.24, 2.45) is 0 Å². The van der Waals surface area contributed by atoms with Gasteiger partial charge in [-0.15, -0.1) is 0 Å². The van der Waals surface area contributed by atoms with Crippen LogP contribution in [0.3, 0.4) is 0 Å². The van der Waals surface area contributed by atoms with E-state index in [2.05, 4.69) is 15.0 Å². The monoisotopic (exact) mass is 394 g/mol.